The van der Waals surface area contributed by atoms with Gasteiger partial charge in [0.1, 0.15) is 0 Å². The summed E-state index contributed by atoms with van der Waals surface area (Å²) in [6, 6.07) is 3.53. The van der Waals surface area contributed by atoms with Crippen LogP contribution < -0.4 is 14.2 Å². The van der Waals surface area contributed by atoms with Crippen molar-refractivity contribution < 1.29 is 14.2 Å². The molecule has 0 saturated carbocycles. The van der Waals surface area contributed by atoms with Gasteiger partial charge in [-0.25, -0.2) is 0 Å². The predicted molar refractivity (Wildman–Crippen MR) is 71.6 cm³/mol. The molecule has 1 rings (SSSR count). The minimum Gasteiger partial charge on any atom is -0.493 e. The summed E-state index contributed by atoms with van der Waals surface area (Å²) in [5.41, 5.74) is 8.89. The zero-order valence-corrected chi connectivity index (χ0v) is 11.1. The van der Waals surface area contributed by atoms with E-state index in [0.29, 0.717) is 30.2 Å². The summed E-state index contributed by atoms with van der Waals surface area (Å²) in [6.07, 6.45) is 0.501. The first-order valence-electron chi connectivity index (χ1n) is 5.56. The molecule has 0 aromatic heterocycles. The second kappa shape index (κ2) is 7.75. The molecule has 0 amide bonds. The fourth-order valence-electron chi connectivity index (χ4n) is 1.47. The van der Waals surface area contributed by atoms with Gasteiger partial charge in [0.2, 0.25) is 5.75 Å². The van der Waals surface area contributed by atoms with Gasteiger partial charge in [0.05, 0.1) is 21.3 Å². The number of azide groups is 1. The summed E-state index contributed by atoms with van der Waals surface area (Å²) in [6.45, 7) is 0.355. The first kappa shape index (κ1) is 14.6. The molecule has 0 radical (unpaired) electrons. The SMILES string of the molecule is COc1cc(C#CCCN=[N+]=[N-])cc(OC)c1OC. The molecule has 6 nitrogen and oxygen atoms in total. The van der Waals surface area contributed by atoms with Crippen LogP contribution in [0.25, 0.3) is 10.4 Å². The minimum absolute atomic E-state index is 0.355. The van der Waals surface area contributed by atoms with Crippen LogP contribution in [-0.4, -0.2) is 27.9 Å². The minimum atomic E-state index is 0.355. The molecule has 0 bridgehead atoms. The maximum absolute atomic E-state index is 8.14. The average Bonchev–Trinajstić information content (AvgIpc) is 2.45. The van der Waals surface area contributed by atoms with Crippen LogP contribution >= 0.6 is 0 Å². The second-order valence-corrected chi connectivity index (χ2v) is 3.42. The van der Waals surface area contributed by atoms with Crippen LogP contribution in [0, 0.1) is 11.8 Å². The molecule has 0 fully saturated rings. The van der Waals surface area contributed by atoms with E-state index in [4.69, 9.17) is 19.7 Å². The quantitative estimate of drug-likeness (QED) is 0.269. The number of methoxy groups -OCH3 is 3. The fraction of sp³-hybridized carbons (Fsp3) is 0.385. The highest BCUT2D eigenvalue weighted by molar-refractivity contribution is 5.57. The van der Waals surface area contributed by atoms with E-state index in [1.54, 1.807) is 33.5 Å². The van der Waals surface area contributed by atoms with Crippen LogP contribution in [0.3, 0.4) is 0 Å². The molecule has 0 aliphatic carbocycles. The lowest BCUT2D eigenvalue weighted by Crippen LogP contribution is -1.95. The van der Waals surface area contributed by atoms with Crippen LogP contribution in [0.2, 0.25) is 0 Å². The maximum Gasteiger partial charge on any atom is 0.203 e. The summed E-state index contributed by atoms with van der Waals surface area (Å²) in [4.78, 5) is 2.66. The van der Waals surface area contributed by atoms with E-state index in [0.717, 1.165) is 5.56 Å². The maximum atomic E-state index is 8.14. The molecule has 0 aliphatic rings. The van der Waals surface area contributed by atoms with Gasteiger partial charge in [0.25, 0.3) is 0 Å². The normalized spacial score (nSPS) is 8.79. The highest BCUT2D eigenvalue weighted by Crippen LogP contribution is 2.37. The molecular weight excluding hydrogens is 246 g/mol. The largest absolute Gasteiger partial charge is 0.493 e. The fourth-order valence-corrected chi connectivity index (χ4v) is 1.47. The molecule has 0 unspecified atom stereocenters. The Kier molecular flexibility index (Phi) is 5.93. The molecule has 0 saturated heterocycles. The molecule has 0 atom stereocenters. The van der Waals surface area contributed by atoms with Crippen LogP contribution in [-0.2, 0) is 0 Å². The van der Waals surface area contributed by atoms with Gasteiger partial charge in [-0.2, -0.15) is 0 Å². The van der Waals surface area contributed by atoms with Crippen molar-refractivity contribution in [3.05, 3.63) is 28.1 Å². The van der Waals surface area contributed by atoms with Gasteiger partial charge < -0.3 is 14.2 Å². The number of hydrogen-bond donors (Lipinski definition) is 0. The topological polar surface area (TPSA) is 76.5 Å². The molecule has 0 aliphatic heterocycles. The summed E-state index contributed by atoms with van der Waals surface area (Å²) < 4.78 is 15.7. The van der Waals surface area contributed by atoms with Crippen LogP contribution in [0.4, 0.5) is 0 Å². The smallest absolute Gasteiger partial charge is 0.203 e. The Bertz CT molecular complexity index is 515. The molecule has 0 spiro atoms. The number of ether oxygens (including phenoxy) is 3. The van der Waals surface area contributed by atoms with Crippen LogP contribution in [0.15, 0.2) is 17.2 Å². The molecule has 0 N–H and O–H groups in total. The Morgan fingerprint density at radius 1 is 1.16 bits per heavy atom. The van der Waals surface area contributed by atoms with Gasteiger partial charge in [-0.15, -0.1) is 0 Å². The van der Waals surface area contributed by atoms with E-state index < -0.39 is 0 Å². The first-order chi connectivity index (χ1) is 9.26. The van der Waals surface area contributed by atoms with Gasteiger partial charge in [-0.1, -0.05) is 17.0 Å². The molecular formula is C13H15N3O3. The third-order valence-electron chi connectivity index (χ3n) is 2.30. The average molecular weight is 261 g/mol. The number of rotatable bonds is 5. The van der Waals surface area contributed by atoms with Crippen molar-refractivity contribution in [1.29, 1.82) is 0 Å². The third-order valence-corrected chi connectivity index (χ3v) is 2.30. The van der Waals surface area contributed by atoms with Gasteiger partial charge in [-0.3, -0.25) is 0 Å². The van der Waals surface area contributed by atoms with Crippen molar-refractivity contribution >= 4 is 0 Å². The molecule has 0 heterocycles. The Labute approximate surface area is 111 Å². The molecule has 19 heavy (non-hydrogen) atoms. The zero-order valence-electron chi connectivity index (χ0n) is 11.1. The molecule has 1 aromatic carbocycles. The lowest BCUT2D eigenvalue weighted by molar-refractivity contribution is 0.324. The third kappa shape index (κ3) is 4.02. The summed E-state index contributed by atoms with van der Waals surface area (Å²) in [7, 11) is 4.65. The highest BCUT2D eigenvalue weighted by Gasteiger charge is 2.11. The number of benzene rings is 1. The van der Waals surface area contributed by atoms with Crippen LogP contribution in [0.5, 0.6) is 17.2 Å². The zero-order chi connectivity index (χ0) is 14.1. The van der Waals surface area contributed by atoms with Crippen molar-refractivity contribution in [2.75, 3.05) is 27.9 Å². The van der Waals surface area contributed by atoms with Gasteiger partial charge >= 0.3 is 0 Å². The Balaban J connectivity index is 2.99. The Morgan fingerprint density at radius 3 is 2.26 bits per heavy atom. The predicted octanol–water partition coefficient (Wildman–Crippen LogP) is 2.76. The van der Waals surface area contributed by atoms with E-state index >= 15 is 0 Å². The Hall–Kier alpha value is -2.51. The van der Waals surface area contributed by atoms with Gasteiger partial charge in [-0.05, 0) is 17.7 Å². The summed E-state index contributed by atoms with van der Waals surface area (Å²) in [5.74, 6) is 7.51. The highest BCUT2D eigenvalue weighted by atomic mass is 16.5. The van der Waals surface area contributed by atoms with Gasteiger partial charge in [0.15, 0.2) is 11.5 Å². The molecule has 100 valence electrons. The number of hydrogen-bond acceptors (Lipinski definition) is 4. The van der Waals surface area contributed by atoms with E-state index in [1.807, 2.05) is 0 Å². The lowest BCUT2D eigenvalue weighted by atomic mass is 10.2. The lowest BCUT2D eigenvalue weighted by Gasteiger charge is -2.12. The van der Waals surface area contributed by atoms with E-state index in [1.165, 1.54) is 0 Å². The van der Waals surface area contributed by atoms with Crippen molar-refractivity contribution in [3.63, 3.8) is 0 Å². The monoisotopic (exact) mass is 261 g/mol. The molecule has 1 aromatic rings. The van der Waals surface area contributed by atoms with Gasteiger partial charge in [0, 0.05) is 23.4 Å². The first-order valence-corrected chi connectivity index (χ1v) is 5.56. The standard InChI is InChI=1S/C13H15N3O3/c1-17-11-8-10(6-4-5-7-15-16-14)9-12(18-2)13(11)19-3/h8-9H,5,7H2,1-3H3. The summed E-state index contributed by atoms with van der Waals surface area (Å²) >= 11 is 0. The van der Waals surface area contributed by atoms with Crippen molar-refractivity contribution in [2.24, 2.45) is 5.11 Å². The van der Waals surface area contributed by atoms with E-state index in [9.17, 15) is 0 Å². The van der Waals surface area contributed by atoms with E-state index in [-0.39, 0.29) is 0 Å². The summed E-state index contributed by atoms with van der Waals surface area (Å²) in [5, 5.41) is 3.41. The second-order valence-electron chi connectivity index (χ2n) is 3.42. The Morgan fingerprint density at radius 2 is 1.79 bits per heavy atom. The number of nitrogens with zero attached hydrogens (tertiary/aromatic N) is 3. The van der Waals surface area contributed by atoms with Crippen molar-refractivity contribution in [2.45, 2.75) is 6.42 Å². The van der Waals surface area contributed by atoms with Crippen LogP contribution in [0.1, 0.15) is 12.0 Å². The van der Waals surface area contributed by atoms with Crippen molar-refractivity contribution in [1.82, 2.24) is 0 Å². The molecule has 6 heteroatoms. The van der Waals surface area contributed by atoms with Crippen molar-refractivity contribution in [3.8, 4) is 29.1 Å². The van der Waals surface area contributed by atoms with E-state index in [2.05, 4.69) is 21.9 Å².